The van der Waals surface area contributed by atoms with Crippen LogP contribution >= 0.6 is 0 Å². The summed E-state index contributed by atoms with van der Waals surface area (Å²) >= 11 is 0. The van der Waals surface area contributed by atoms with Gasteiger partial charge < -0.3 is 14.1 Å². The summed E-state index contributed by atoms with van der Waals surface area (Å²) < 4.78 is 13.7. The topological polar surface area (TPSA) is 25.6 Å². The van der Waals surface area contributed by atoms with Crippen LogP contribution in [-0.2, 0) is 5.41 Å². The van der Waals surface area contributed by atoms with Gasteiger partial charge in [-0.25, -0.2) is 0 Å². The van der Waals surface area contributed by atoms with E-state index < -0.39 is 5.41 Å². The van der Waals surface area contributed by atoms with Gasteiger partial charge in [-0.05, 0) is 92.3 Å². The number of anilines is 3. The summed E-state index contributed by atoms with van der Waals surface area (Å²) in [5.74, 6) is 1.73. The third-order valence-corrected chi connectivity index (χ3v) is 12.7. The first-order valence-electron chi connectivity index (χ1n) is 19.9. The summed E-state index contributed by atoms with van der Waals surface area (Å²) in [5.41, 5.74) is 11.5. The second kappa shape index (κ2) is 11.7. The molecule has 270 valence electrons. The van der Waals surface area contributed by atoms with E-state index in [4.69, 9.17) is 9.15 Å². The van der Waals surface area contributed by atoms with Crippen LogP contribution in [0.15, 0.2) is 205 Å². The predicted octanol–water partition coefficient (Wildman–Crippen LogP) is 15.0. The van der Waals surface area contributed by atoms with E-state index in [1.54, 1.807) is 0 Å². The van der Waals surface area contributed by atoms with Crippen LogP contribution in [0, 0.1) is 0 Å². The molecule has 0 N–H and O–H groups in total. The van der Waals surface area contributed by atoms with Crippen LogP contribution in [0.3, 0.4) is 0 Å². The molecule has 13 rings (SSSR count). The van der Waals surface area contributed by atoms with Crippen LogP contribution in [0.4, 0.5) is 17.1 Å². The molecular formula is C55H33NO2. The summed E-state index contributed by atoms with van der Waals surface area (Å²) in [4.78, 5) is 2.39. The second-order valence-corrected chi connectivity index (χ2v) is 15.6. The Kier molecular flexibility index (Phi) is 6.37. The molecule has 0 fully saturated rings. The van der Waals surface area contributed by atoms with Crippen LogP contribution in [0.2, 0.25) is 0 Å². The molecule has 2 heterocycles. The van der Waals surface area contributed by atoms with E-state index in [0.29, 0.717) is 0 Å². The highest BCUT2D eigenvalue weighted by molar-refractivity contribution is 6.15. The summed E-state index contributed by atoms with van der Waals surface area (Å²) in [6.45, 7) is 0. The molecule has 10 aromatic carbocycles. The number of nitrogens with zero attached hydrogens (tertiary/aromatic N) is 1. The predicted molar refractivity (Wildman–Crippen MR) is 238 cm³/mol. The zero-order valence-electron chi connectivity index (χ0n) is 31.3. The number of ether oxygens (including phenoxy) is 1. The first-order valence-corrected chi connectivity index (χ1v) is 19.9. The Bertz CT molecular complexity index is 3510. The normalized spacial score (nSPS) is 15.1. The molecule has 0 amide bonds. The Morgan fingerprint density at radius 3 is 1.91 bits per heavy atom. The van der Waals surface area contributed by atoms with Crippen molar-refractivity contribution in [1.82, 2.24) is 0 Å². The van der Waals surface area contributed by atoms with Gasteiger partial charge in [0.15, 0.2) is 0 Å². The van der Waals surface area contributed by atoms with E-state index in [-0.39, 0.29) is 0 Å². The van der Waals surface area contributed by atoms with Crippen molar-refractivity contribution >= 4 is 71.3 Å². The third kappa shape index (κ3) is 4.17. The SMILES string of the molecule is c1ccc2c(c1)Oc1ccc(N(c3ccc4c(c3)oc3c5ccccc5ccc43)c3cccc4ccccc34)cc1C21c2ccccc2-c2cccc3cccc1c23. The molecule has 0 bridgehead atoms. The number of furan rings is 1. The number of rotatable bonds is 3. The molecule has 2 aliphatic rings. The summed E-state index contributed by atoms with van der Waals surface area (Å²) in [6.07, 6.45) is 0. The molecule has 3 heteroatoms. The van der Waals surface area contributed by atoms with Gasteiger partial charge in [-0.2, -0.15) is 0 Å². The van der Waals surface area contributed by atoms with Crippen LogP contribution < -0.4 is 9.64 Å². The monoisotopic (exact) mass is 739 g/mol. The fourth-order valence-electron chi connectivity index (χ4n) is 10.3. The van der Waals surface area contributed by atoms with E-state index in [0.717, 1.165) is 72.4 Å². The molecule has 11 aromatic rings. The van der Waals surface area contributed by atoms with Gasteiger partial charge >= 0.3 is 0 Å². The third-order valence-electron chi connectivity index (χ3n) is 12.7. The fourth-order valence-corrected chi connectivity index (χ4v) is 10.3. The molecule has 1 unspecified atom stereocenters. The van der Waals surface area contributed by atoms with Crippen LogP contribution in [0.25, 0.3) is 65.4 Å². The lowest BCUT2D eigenvalue weighted by molar-refractivity contribution is 0.435. The summed E-state index contributed by atoms with van der Waals surface area (Å²) in [5, 5.41) is 9.36. The van der Waals surface area contributed by atoms with Gasteiger partial charge in [-0.15, -0.1) is 0 Å². The lowest BCUT2D eigenvalue weighted by Gasteiger charge is -2.45. The standard InChI is InChI=1S/C55H33NO2/c1-3-17-39-34(12-1)14-11-24-49(39)56(38-27-30-42-44-29-26-35-13-2-4-18-40(35)54(44)58-52(42)33-38)37-28-31-51-48(32-37)55(46-22-7-8-25-50(46)57-51)45-21-6-5-19-41(45)43-20-9-15-36-16-10-23-47(55)53(36)43/h1-33H. The molecule has 58 heavy (non-hydrogen) atoms. The molecule has 1 aliphatic carbocycles. The molecule has 0 saturated carbocycles. The summed E-state index contributed by atoms with van der Waals surface area (Å²) in [6, 6.07) is 72.5. The first-order chi connectivity index (χ1) is 28.8. The molecule has 1 aromatic heterocycles. The van der Waals surface area contributed by atoms with Gasteiger partial charge in [0.2, 0.25) is 0 Å². The van der Waals surface area contributed by atoms with Gasteiger partial charge in [0.1, 0.15) is 22.7 Å². The zero-order chi connectivity index (χ0) is 38.0. The van der Waals surface area contributed by atoms with Crippen molar-refractivity contribution in [1.29, 1.82) is 0 Å². The fraction of sp³-hybridized carbons (Fsp3) is 0.0182. The van der Waals surface area contributed by atoms with E-state index >= 15 is 0 Å². The number of para-hydroxylation sites is 1. The highest BCUT2D eigenvalue weighted by atomic mass is 16.5. The number of hydrogen-bond donors (Lipinski definition) is 0. The highest BCUT2D eigenvalue weighted by Crippen LogP contribution is 2.62. The van der Waals surface area contributed by atoms with Gasteiger partial charge in [-0.3, -0.25) is 0 Å². The van der Waals surface area contributed by atoms with Crippen molar-refractivity contribution in [3.63, 3.8) is 0 Å². The average molecular weight is 740 g/mol. The van der Waals surface area contributed by atoms with Gasteiger partial charge in [0.25, 0.3) is 0 Å². The van der Waals surface area contributed by atoms with Crippen LogP contribution in [-0.4, -0.2) is 0 Å². The van der Waals surface area contributed by atoms with E-state index in [2.05, 4.69) is 205 Å². The minimum absolute atomic E-state index is 0.654. The first kappa shape index (κ1) is 31.6. The lowest BCUT2D eigenvalue weighted by atomic mass is 9.58. The molecule has 0 radical (unpaired) electrons. The molecule has 1 atom stereocenters. The van der Waals surface area contributed by atoms with Crippen molar-refractivity contribution < 1.29 is 9.15 Å². The smallest absolute Gasteiger partial charge is 0.143 e. The Balaban J connectivity index is 1.12. The Morgan fingerprint density at radius 1 is 0.379 bits per heavy atom. The number of hydrogen-bond acceptors (Lipinski definition) is 3. The molecule has 1 aliphatic heterocycles. The van der Waals surface area contributed by atoms with Crippen molar-refractivity contribution in [3.8, 4) is 22.6 Å². The highest BCUT2D eigenvalue weighted by Gasteiger charge is 2.49. The molecular weight excluding hydrogens is 707 g/mol. The van der Waals surface area contributed by atoms with Gasteiger partial charge in [0.05, 0.1) is 11.1 Å². The second-order valence-electron chi connectivity index (χ2n) is 15.6. The van der Waals surface area contributed by atoms with E-state index in [1.165, 1.54) is 43.8 Å². The summed E-state index contributed by atoms with van der Waals surface area (Å²) in [7, 11) is 0. The Morgan fingerprint density at radius 2 is 1.00 bits per heavy atom. The van der Waals surface area contributed by atoms with E-state index in [1.807, 2.05) is 0 Å². The average Bonchev–Trinajstić information content (AvgIpc) is 3.67. The largest absolute Gasteiger partial charge is 0.457 e. The van der Waals surface area contributed by atoms with Crippen LogP contribution in [0.1, 0.15) is 22.3 Å². The zero-order valence-corrected chi connectivity index (χ0v) is 31.3. The van der Waals surface area contributed by atoms with Crippen molar-refractivity contribution in [3.05, 3.63) is 222 Å². The minimum atomic E-state index is -0.654. The maximum Gasteiger partial charge on any atom is 0.143 e. The van der Waals surface area contributed by atoms with Crippen molar-refractivity contribution in [2.45, 2.75) is 5.41 Å². The van der Waals surface area contributed by atoms with Gasteiger partial charge in [-0.1, -0.05) is 146 Å². The quantitative estimate of drug-likeness (QED) is 0.180. The number of benzene rings is 10. The maximum absolute atomic E-state index is 6.91. The van der Waals surface area contributed by atoms with Crippen LogP contribution in [0.5, 0.6) is 11.5 Å². The molecule has 3 nitrogen and oxygen atoms in total. The minimum Gasteiger partial charge on any atom is -0.457 e. The Hall–Kier alpha value is -7.62. The van der Waals surface area contributed by atoms with Gasteiger partial charge in [0, 0.05) is 50.1 Å². The molecule has 0 saturated heterocycles. The number of fused-ring (bicyclic) bond motifs is 14. The van der Waals surface area contributed by atoms with Crippen molar-refractivity contribution in [2.24, 2.45) is 0 Å². The Labute approximate surface area is 334 Å². The van der Waals surface area contributed by atoms with Crippen molar-refractivity contribution in [2.75, 3.05) is 4.90 Å². The lowest BCUT2D eigenvalue weighted by Crippen LogP contribution is -2.36. The maximum atomic E-state index is 6.91. The van der Waals surface area contributed by atoms with E-state index in [9.17, 15) is 0 Å². The molecule has 1 spiro atoms.